The van der Waals surface area contributed by atoms with Crippen molar-refractivity contribution in [1.29, 1.82) is 0 Å². The lowest BCUT2D eigenvalue weighted by molar-refractivity contribution is -0.145. The summed E-state index contributed by atoms with van der Waals surface area (Å²) in [7, 11) is 0. The molecule has 1 saturated carbocycles. The zero-order valence-electron chi connectivity index (χ0n) is 13.3. The highest BCUT2D eigenvalue weighted by atomic mass is 16.5. The van der Waals surface area contributed by atoms with Crippen LogP contribution in [0.4, 0.5) is 0 Å². The topological polar surface area (TPSA) is 29.5 Å². The average Bonchev–Trinajstić information content (AvgIpc) is 2.44. The standard InChI is InChI=1S/C17H34O2/c1-4-7-11-15(5-2)14-16(18)17(19-6-3)12-9-8-10-13-17/h15-16,18H,4-14H2,1-3H3. The van der Waals surface area contributed by atoms with Crippen molar-refractivity contribution in [3.63, 3.8) is 0 Å². The molecule has 0 spiro atoms. The van der Waals surface area contributed by atoms with E-state index in [1.807, 2.05) is 0 Å². The van der Waals surface area contributed by atoms with Crippen LogP contribution in [0, 0.1) is 5.92 Å². The molecule has 0 heterocycles. The number of hydrogen-bond acceptors (Lipinski definition) is 2. The third kappa shape index (κ3) is 5.07. The van der Waals surface area contributed by atoms with Crippen molar-refractivity contribution in [2.75, 3.05) is 6.61 Å². The van der Waals surface area contributed by atoms with Gasteiger partial charge in [-0.3, -0.25) is 0 Å². The molecule has 2 unspecified atom stereocenters. The molecule has 0 saturated heterocycles. The van der Waals surface area contributed by atoms with E-state index in [4.69, 9.17) is 4.74 Å². The molecule has 0 radical (unpaired) electrons. The first-order valence-corrected chi connectivity index (χ1v) is 8.50. The monoisotopic (exact) mass is 270 g/mol. The zero-order valence-corrected chi connectivity index (χ0v) is 13.3. The lowest BCUT2D eigenvalue weighted by Crippen LogP contribution is -2.47. The van der Waals surface area contributed by atoms with Crippen molar-refractivity contribution < 1.29 is 9.84 Å². The van der Waals surface area contributed by atoms with E-state index < -0.39 is 0 Å². The van der Waals surface area contributed by atoms with Crippen LogP contribution < -0.4 is 0 Å². The first-order valence-electron chi connectivity index (χ1n) is 8.50. The van der Waals surface area contributed by atoms with Crippen molar-refractivity contribution in [3.05, 3.63) is 0 Å². The molecule has 1 rings (SSSR count). The number of aliphatic hydroxyl groups is 1. The number of aliphatic hydroxyl groups excluding tert-OH is 1. The summed E-state index contributed by atoms with van der Waals surface area (Å²) in [6.45, 7) is 7.27. The van der Waals surface area contributed by atoms with Crippen molar-refractivity contribution in [3.8, 4) is 0 Å². The molecule has 19 heavy (non-hydrogen) atoms. The van der Waals surface area contributed by atoms with Crippen LogP contribution in [-0.4, -0.2) is 23.4 Å². The Bertz CT molecular complexity index is 216. The first-order chi connectivity index (χ1) is 9.18. The van der Waals surface area contributed by atoms with Gasteiger partial charge in [-0.05, 0) is 32.1 Å². The number of ether oxygens (including phenoxy) is 1. The van der Waals surface area contributed by atoms with Gasteiger partial charge in [0.05, 0.1) is 11.7 Å². The van der Waals surface area contributed by atoms with Gasteiger partial charge in [-0.1, -0.05) is 58.8 Å². The molecule has 2 heteroatoms. The van der Waals surface area contributed by atoms with Gasteiger partial charge in [-0.25, -0.2) is 0 Å². The van der Waals surface area contributed by atoms with Crippen molar-refractivity contribution >= 4 is 0 Å². The minimum atomic E-state index is -0.269. The fourth-order valence-electron chi connectivity index (χ4n) is 3.52. The molecule has 0 bridgehead atoms. The predicted octanol–water partition coefficient (Wildman–Crippen LogP) is 4.69. The maximum absolute atomic E-state index is 10.7. The summed E-state index contributed by atoms with van der Waals surface area (Å²) in [6.07, 6.45) is 11.5. The molecule has 114 valence electrons. The summed E-state index contributed by atoms with van der Waals surface area (Å²) < 4.78 is 6.03. The Balaban J connectivity index is 2.57. The van der Waals surface area contributed by atoms with E-state index in [9.17, 15) is 5.11 Å². The van der Waals surface area contributed by atoms with Crippen LogP contribution in [0.3, 0.4) is 0 Å². The summed E-state index contributed by atoms with van der Waals surface area (Å²) in [5.41, 5.74) is -0.230. The molecule has 2 atom stereocenters. The Hall–Kier alpha value is -0.0800. The molecule has 1 fully saturated rings. The maximum Gasteiger partial charge on any atom is 0.0940 e. The number of hydrogen-bond donors (Lipinski definition) is 1. The van der Waals surface area contributed by atoms with E-state index >= 15 is 0 Å². The van der Waals surface area contributed by atoms with E-state index in [1.165, 1.54) is 44.9 Å². The minimum Gasteiger partial charge on any atom is -0.390 e. The van der Waals surface area contributed by atoms with Gasteiger partial charge in [0, 0.05) is 6.61 Å². The molecule has 2 nitrogen and oxygen atoms in total. The van der Waals surface area contributed by atoms with Crippen LogP contribution >= 0.6 is 0 Å². The summed E-state index contributed by atoms with van der Waals surface area (Å²) >= 11 is 0. The Kier molecular flexibility index (Phi) is 8.01. The number of rotatable bonds is 9. The van der Waals surface area contributed by atoms with Gasteiger partial charge in [-0.15, -0.1) is 0 Å². The average molecular weight is 270 g/mol. The second kappa shape index (κ2) is 8.97. The fourth-order valence-corrected chi connectivity index (χ4v) is 3.52. The second-order valence-electron chi connectivity index (χ2n) is 6.23. The van der Waals surface area contributed by atoms with Gasteiger partial charge >= 0.3 is 0 Å². The third-order valence-electron chi connectivity index (χ3n) is 4.84. The van der Waals surface area contributed by atoms with Crippen LogP contribution in [0.5, 0.6) is 0 Å². The minimum absolute atomic E-state index is 0.230. The third-order valence-corrected chi connectivity index (χ3v) is 4.84. The summed E-state index contributed by atoms with van der Waals surface area (Å²) in [5.74, 6) is 0.661. The predicted molar refractivity (Wildman–Crippen MR) is 81.4 cm³/mol. The lowest BCUT2D eigenvalue weighted by Gasteiger charge is -2.42. The molecule has 0 aliphatic heterocycles. The quantitative estimate of drug-likeness (QED) is 0.658. The van der Waals surface area contributed by atoms with E-state index in [0.29, 0.717) is 5.92 Å². The van der Waals surface area contributed by atoms with Crippen LogP contribution in [-0.2, 0) is 4.74 Å². The zero-order chi connectivity index (χ0) is 14.1. The fraction of sp³-hybridized carbons (Fsp3) is 1.00. The van der Waals surface area contributed by atoms with Crippen LogP contribution in [0.15, 0.2) is 0 Å². The van der Waals surface area contributed by atoms with Crippen LogP contribution in [0.25, 0.3) is 0 Å². The highest BCUT2D eigenvalue weighted by Crippen LogP contribution is 2.37. The summed E-state index contributed by atoms with van der Waals surface area (Å²) in [4.78, 5) is 0. The highest BCUT2D eigenvalue weighted by molar-refractivity contribution is 4.92. The maximum atomic E-state index is 10.7. The molecule has 1 aliphatic carbocycles. The Morgan fingerprint density at radius 2 is 1.79 bits per heavy atom. The second-order valence-corrected chi connectivity index (χ2v) is 6.23. The number of unbranched alkanes of at least 4 members (excludes halogenated alkanes) is 1. The lowest BCUT2D eigenvalue weighted by atomic mass is 9.76. The molecule has 1 aliphatic rings. The molecular formula is C17H34O2. The first kappa shape index (κ1) is 17.0. The largest absolute Gasteiger partial charge is 0.390 e. The van der Waals surface area contributed by atoms with E-state index in [1.54, 1.807) is 0 Å². The Morgan fingerprint density at radius 3 is 2.32 bits per heavy atom. The van der Waals surface area contributed by atoms with Gasteiger partial charge < -0.3 is 9.84 Å². The SMILES string of the molecule is CCCCC(CC)CC(O)C1(OCC)CCCCC1. The molecule has 0 aromatic carbocycles. The smallest absolute Gasteiger partial charge is 0.0940 e. The van der Waals surface area contributed by atoms with Gasteiger partial charge in [0.1, 0.15) is 0 Å². The van der Waals surface area contributed by atoms with Crippen LogP contribution in [0.2, 0.25) is 0 Å². The van der Waals surface area contributed by atoms with E-state index in [0.717, 1.165) is 25.9 Å². The van der Waals surface area contributed by atoms with Crippen molar-refractivity contribution in [1.82, 2.24) is 0 Å². The van der Waals surface area contributed by atoms with Crippen molar-refractivity contribution in [2.24, 2.45) is 5.92 Å². The van der Waals surface area contributed by atoms with Crippen LogP contribution in [0.1, 0.15) is 85.0 Å². The summed E-state index contributed by atoms with van der Waals surface area (Å²) in [5, 5.41) is 10.7. The Labute approximate surface area is 119 Å². The highest BCUT2D eigenvalue weighted by Gasteiger charge is 2.40. The van der Waals surface area contributed by atoms with Gasteiger partial charge in [-0.2, -0.15) is 0 Å². The van der Waals surface area contributed by atoms with E-state index in [-0.39, 0.29) is 11.7 Å². The van der Waals surface area contributed by atoms with Crippen molar-refractivity contribution in [2.45, 2.75) is 96.7 Å². The van der Waals surface area contributed by atoms with Gasteiger partial charge in [0.25, 0.3) is 0 Å². The summed E-state index contributed by atoms with van der Waals surface area (Å²) in [6, 6.07) is 0. The van der Waals surface area contributed by atoms with Gasteiger partial charge in [0.2, 0.25) is 0 Å². The van der Waals surface area contributed by atoms with E-state index in [2.05, 4.69) is 20.8 Å². The Morgan fingerprint density at radius 1 is 1.11 bits per heavy atom. The molecule has 0 aromatic rings. The normalized spacial score (nSPS) is 22.1. The van der Waals surface area contributed by atoms with Gasteiger partial charge in [0.15, 0.2) is 0 Å². The molecule has 0 amide bonds. The molecular weight excluding hydrogens is 236 g/mol. The molecule has 0 aromatic heterocycles. The molecule has 1 N–H and O–H groups in total.